The lowest BCUT2D eigenvalue weighted by atomic mass is 10.1. The molecule has 6 heteroatoms. The first-order chi connectivity index (χ1) is 9.65. The second kappa shape index (κ2) is 6.51. The summed E-state index contributed by atoms with van der Waals surface area (Å²) in [5.74, 6) is 0.959. The second-order valence-electron chi connectivity index (χ2n) is 4.24. The number of carbonyl (C=O) groups is 1. The van der Waals surface area contributed by atoms with Crippen molar-refractivity contribution in [1.29, 1.82) is 0 Å². The number of nitrogens with one attached hydrogen (secondary N) is 2. The Kier molecular flexibility index (Phi) is 4.49. The van der Waals surface area contributed by atoms with E-state index in [1.807, 2.05) is 32.0 Å². The standard InChI is InChI=1S/C14H16N4O2/c1-10-4-5-12(8-11(10)2)20-9-17-14(19)18-13-15-6-3-7-16-13/h3-8H,9H2,1-2H3,(H2,15,16,17,18,19). The van der Waals surface area contributed by atoms with Crippen molar-refractivity contribution < 1.29 is 9.53 Å². The molecule has 0 aliphatic rings. The van der Waals surface area contributed by atoms with Gasteiger partial charge in [0.25, 0.3) is 0 Å². The maximum atomic E-state index is 11.5. The summed E-state index contributed by atoms with van der Waals surface area (Å²) in [6.07, 6.45) is 3.10. The summed E-state index contributed by atoms with van der Waals surface area (Å²) in [5, 5.41) is 5.06. The molecular weight excluding hydrogens is 256 g/mol. The molecule has 1 aromatic carbocycles. The molecule has 2 rings (SSSR count). The molecule has 0 fully saturated rings. The number of rotatable bonds is 4. The van der Waals surface area contributed by atoms with Gasteiger partial charge in [-0.05, 0) is 43.2 Å². The van der Waals surface area contributed by atoms with Gasteiger partial charge in [-0.15, -0.1) is 0 Å². The van der Waals surface area contributed by atoms with Crippen LogP contribution in [0.1, 0.15) is 11.1 Å². The summed E-state index contributed by atoms with van der Waals surface area (Å²) in [4.78, 5) is 19.3. The van der Waals surface area contributed by atoms with Crippen LogP contribution in [0.3, 0.4) is 0 Å². The van der Waals surface area contributed by atoms with Crippen molar-refractivity contribution in [3.63, 3.8) is 0 Å². The van der Waals surface area contributed by atoms with Crippen LogP contribution >= 0.6 is 0 Å². The molecule has 0 unspecified atom stereocenters. The molecule has 1 heterocycles. The van der Waals surface area contributed by atoms with Gasteiger partial charge in [0.2, 0.25) is 5.95 Å². The van der Waals surface area contributed by atoms with E-state index in [0.29, 0.717) is 5.75 Å². The minimum Gasteiger partial charge on any atom is -0.473 e. The fourth-order valence-electron chi connectivity index (χ4n) is 1.50. The van der Waals surface area contributed by atoms with Gasteiger partial charge in [0.05, 0.1) is 0 Å². The first-order valence-corrected chi connectivity index (χ1v) is 6.17. The Hall–Kier alpha value is -2.63. The van der Waals surface area contributed by atoms with Crippen LogP contribution < -0.4 is 15.4 Å². The molecule has 2 N–H and O–H groups in total. The van der Waals surface area contributed by atoms with Gasteiger partial charge in [-0.3, -0.25) is 5.32 Å². The van der Waals surface area contributed by atoms with E-state index in [-0.39, 0.29) is 12.7 Å². The molecule has 1 aromatic heterocycles. The first kappa shape index (κ1) is 13.8. The number of nitrogens with zero attached hydrogens (tertiary/aromatic N) is 2. The summed E-state index contributed by atoms with van der Waals surface area (Å²) < 4.78 is 5.44. The van der Waals surface area contributed by atoms with E-state index in [1.165, 1.54) is 5.56 Å². The lowest BCUT2D eigenvalue weighted by Crippen LogP contribution is -2.32. The predicted octanol–water partition coefficient (Wildman–Crippen LogP) is 2.25. The zero-order valence-electron chi connectivity index (χ0n) is 11.4. The smallest absolute Gasteiger partial charge is 0.324 e. The molecular formula is C14H16N4O2. The number of aryl methyl sites for hydroxylation is 2. The van der Waals surface area contributed by atoms with Crippen molar-refractivity contribution in [2.75, 3.05) is 12.0 Å². The lowest BCUT2D eigenvalue weighted by Gasteiger charge is -2.09. The summed E-state index contributed by atoms with van der Waals surface area (Å²) in [6, 6.07) is 7.02. The third-order valence-electron chi connectivity index (χ3n) is 2.74. The van der Waals surface area contributed by atoms with Crippen molar-refractivity contribution in [3.05, 3.63) is 47.8 Å². The maximum Gasteiger partial charge on any atom is 0.324 e. The summed E-state index contributed by atoms with van der Waals surface area (Å²) in [6.45, 7) is 4.11. The second-order valence-corrected chi connectivity index (χ2v) is 4.24. The highest BCUT2D eigenvalue weighted by Gasteiger charge is 2.03. The van der Waals surface area contributed by atoms with E-state index < -0.39 is 6.03 Å². The van der Waals surface area contributed by atoms with Crippen molar-refractivity contribution in [3.8, 4) is 5.75 Å². The molecule has 0 saturated carbocycles. The number of benzene rings is 1. The van der Waals surface area contributed by atoms with Crippen molar-refractivity contribution in [1.82, 2.24) is 15.3 Å². The molecule has 0 aliphatic carbocycles. The number of aromatic nitrogens is 2. The SMILES string of the molecule is Cc1ccc(OCNC(=O)Nc2ncccn2)cc1C. The van der Waals surface area contributed by atoms with Gasteiger partial charge >= 0.3 is 6.03 Å². The number of hydrogen-bond acceptors (Lipinski definition) is 4. The van der Waals surface area contributed by atoms with Gasteiger partial charge in [0.1, 0.15) is 5.75 Å². The van der Waals surface area contributed by atoms with E-state index in [9.17, 15) is 4.79 Å². The van der Waals surface area contributed by atoms with Crippen molar-refractivity contribution in [2.24, 2.45) is 0 Å². The monoisotopic (exact) mass is 272 g/mol. The van der Waals surface area contributed by atoms with E-state index in [0.717, 1.165) is 5.56 Å². The molecule has 0 bridgehead atoms. The highest BCUT2D eigenvalue weighted by molar-refractivity contribution is 5.87. The van der Waals surface area contributed by atoms with Gasteiger partial charge < -0.3 is 10.1 Å². The minimum absolute atomic E-state index is 0.0706. The van der Waals surface area contributed by atoms with E-state index in [1.54, 1.807) is 18.5 Å². The molecule has 6 nitrogen and oxygen atoms in total. The van der Waals surface area contributed by atoms with Gasteiger partial charge in [-0.25, -0.2) is 14.8 Å². The zero-order chi connectivity index (χ0) is 14.4. The Morgan fingerprint density at radius 3 is 2.65 bits per heavy atom. The Bertz CT molecular complexity index is 587. The quantitative estimate of drug-likeness (QED) is 0.837. The van der Waals surface area contributed by atoms with Gasteiger partial charge in [-0.2, -0.15) is 0 Å². The molecule has 0 spiro atoms. The Morgan fingerprint density at radius 2 is 1.95 bits per heavy atom. The van der Waals surface area contributed by atoms with Crippen LogP contribution in [-0.2, 0) is 0 Å². The zero-order valence-corrected chi connectivity index (χ0v) is 11.4. The van der Waals surface area contributed by atoms with Crippen LogP contribution in [0.15, 0.2) is 36.7 Å². The number of hydrogen-bond donors (Lipinski definition) is 2. The fraction of sp³-hybridized carbons (Fsp3) is 0.214. The molecule has 2 amide bonds. The third-order valence-corrected chi connectivity index (χ3v) is 2.74. The number of carbonyl (C=O) groups excluding carboxylic acids is 1. The van der Waals surface area contributed by atoms with E-state index >= 15 is 0 Å². The predicted molar refractivity (Wildman–Crippen MR) is 75.6 cm³/mol. The Labute approximate surface area is 117 Å². The van der Waals surface area contributed by atoms with E-state index in [2.05, 4.69) is 20.6 Å². The molecule has 0 atom stereocenters. The number of amides is 2. The van der Waals surface area contributed by atoms with Crippen LogP contribution in [0.4, 0.5) is 10.7 Å². The molecule has 0 saturated heterocycles. The van der Waals surface area contributed by atoms with Gasteiger partial charge in [0.15, 0.2) is 6.73 Å². The number of urea groups is 1. The summed E-state index contributed by atoms with van der Waals surface area (Å²) >= 11 is 0. The fourth-order valence-corrected chi connectivity index (χ4v) is 1.50. The average Bonchev–Trinajstić information content (AvgIpc) is 2.44. The molecule has 0 aliphatic heterocycles. The van der Waals surface area contributed by atoms with E-state index in [4.69, 9.17) is 4.74 Å². The highest BCUT2D eigenvalue weighted by atomic mass is 16.5. The third kappa shape index (κ3) is 3.94. The lowest BCUT2D eigenvalue weighted by molar-refractivity contribution is 0.234. The Balaban J connectivity index is 1.78. The molecule has 104 valence electrons. The molecule has 20 heavy (non-hydrogen) atoms. The van der Waals surface area contributed by atoms with Crippen LogP contribution in [0.5, 0.6) is 5.75 Å². The number of anilines is 1. The van der Waals surface area contributed by atoms with Crippen LogP contribution in [0.25, 0.3) is 0 Å². The maximum absolute atomic E-state index is 11.5. The molecule has 0 radical (unpaired) electrons. The molecule has 2 aromatic rings. The number of ether oxygens (including phenoxy) is 1. The van der Waals surface area contributed by atoms with Crippen molar-refractivity contribution in [2.45, 2.75) is 13.8 Å². The van der Waals surface area contributed by atoms with Crippen LogP contribution in [0.2, 0.25) is 0 Å². The topological polar surface area (TPSA) is 76.1 Å². The van der Waals surface area contributed by atoms with Gasteiger partial charge in [-0.1, -0.05) is 6.07 Å². The first-order valence-electron chi connectivity index (χ1n) is 6.17. The highest BCUT2D eigenvalue weighted by Crippen LogP contribution is 2.15. The summed E-state index contributed by atoms with van der Waals surface area (Å²) in [7, 11) is 0. The minimum atomic E-state index is -0.417. The summed E-state index contributed by atoms with van der Waals surface area (Å²) in [5.41, 5.74) is 2.34. The van der Waals surface area contributed by atoms with Gasteiger partial charge in [0, 0.05) is 12.4 Å². The normalized spacial score (nSPS) is 9.90. The average molecular weight is 272 g/mol. The van der Waals surface area contributed by atoms with Crippen LogP contribution in [-0.4, -0.2) is 22.7 Å². The Morgan fingerprint density at radius 1 is 1.20 bits per heavy atom. The largest absolute Gasteiger partial charge is 0.473 e. The van der Waals surface area contributed by atoms with Crippen molar-refractivity contribution >= 4 is 12.0 Å². The van der Waals surface area contributed by atoms with Crippen LogP contribution in [0, 0.1) is 13.8 Å².